The van der Waals surface area contributed by atoms with Gasteiger partial charge in [-0.25, -0.2) is 0 Å². The molecule has 7 nitrogen and oxygen atoms in total. The normalized spacial score (nSPS) is 9.86. The van der Waals surface area contributed by atoms with Crippen molar-refractivity contribution in [3.05, 3.63) is 63.1 Å². The molecule has 0 atom stereocenters. The van der Waals surface area contributed by atoms with Crippen molar-refractivity contribution in [3.8, 4) is 0 Å². The number of anilines is 2. The Bertz CT molecular complexity index is 731. The summed E-state index contributed by atoms with van der Waals surface area (Å²) in [5.41, 5.74) is 0.457. The lowest BCUT2D eigenvalue weighted by atomic mass is 10.2. The lowest BCUT2D eigenvalue weighted by Crippen LogP contribution is -2.29. The molecule has 0 radical (unpaired) electrons. The van der Waals surface area contributed by atoms with Crippen molar-refractivity contribution in [2.24, 2.45) is 0 Å². The van der Waals surface area contributed by atoms with Crippen LogP contribution >= 0.6 is 15.9 Å². The highest BCUT2D eigenvalue weighted by Crippen LogP contribution is 2.17. The fraction of sp³-hybridized carbons (Fsp3) is 0. The molecule has 2 rings (SSSR count). The number of rotatable bonds is 3. The summed E-state index contributed by atoms with van der Waals surface area (Å²) in [4.78, 5) is 33.6. The van der Waals surface area contributed by atoms with Crippen molar-refractivity contribution in [2.45, 2.75) is 0 Å². The van der Waals surface area contributed by atoms with Gasteiger partial charge in [0.05, 0.1) is 4.92 Å². The third kappa shape index (κ3) is 4.13. The molecule has 2 aromatic rings. The zero-order valence-corrected chi connectivity index (χ0v) is 12.7. The molecule has 0 bridgehead atoms. The molecule has 0 aliphatic rings. The second-order valence-electron chi connectivity index (χ2n) is 4.22. The van der Waals surface area contributed by atoms with Crippen LogP contribution in [0, 0.1) is 10.1 Å². The molecule has 2 aromatic carbocycles. The smallest absolute Gasteiger partial charge is 0.314 e. The van der Waals surface area contributed by atoms with Gasteiger partial charge in [-0.05, 0) is 30.3 Å². The number of carbonyl (C=O) groups is 2. The Labute approximate surface area is 133 Å². The van der Waals surface area contributed by atoms with Gasteiger partial charge >= 0.3 is 11.8 Å². The Morgan fingerprint density at radius 2 is 1.55 bits per heavy atom. The number of carbonyl (C=O) groups excluding carboxylic acids is 2. The second-order valence-corrected chi connectivity index (χ2v) is 5.14. The number of nitrogens with one attached hydrogen (secondary N) is 2. The van der Waals surface area contributed by atoms with Gasteiger partial charge in [-0.2, -0.15) is 0 Å². The molecule has 0 saturated heterocycles. The van der Waals surface area contributed by atoms with Crippen LogP contribution in [0.4, 0.5) is 17.1 Å². The number of nitrogens with zero attached hydrogens (tertiary/aromatic N) is 1. The highest BCUT2D eigenvalue weighted by Gasteiger charge is 2.15. The van der Waals surface area contributed by atoms with Gasteiger partial charge in [0.1, 0.15) is 0 Å². The highest BCUT2D eigenvalue weighted by molar-refractivity contribution is 9.10. The molecule has 0 fully saturated rings. The van der Waals surface area contributed by atoms with Crippen molar-refractivity contribution in [2.75, 3.05) is 10.6 Å². The standard InChI is InChI=1S/C14H10BrN3O4/c15-9-4-6-10(7-5-9)16-13(19)14(20)17-11-2-1-3-12(8-11)18(21)22/h1-8H,(H,16,19)(H,17,20). The van der Waals surface area contributed by atoms with E-state index >= 15 is 0 Å². The van der Waals surface area contributed by atoms with Gasteiger partial charge in [0, 0.05) is 28.0 Å². The van der Waals surface area contributed by atoms with Gasteiger partial charge < -0.3 is 10.6 Å². The largest absolute Gasteiger partial charge is 0.318 e. The summed E-state index contributed by atoms with van der Waals surface area (Å²) >= 11 is 3.26. The van der Waals surface area contributed by atoms with Crippen LogP contribution in [0.25, 0.3) is 0 Å². The van der Waals surface area contributed by atoms with Crippen LogP contribution in [0.5, 0.6) is 0 Å². The number of non-ortho nitro benzene ring substituents is 1. The molecule has 112 valence electrons. The maximum atomic E-state index is 11.8. The molecule has 0 heterocycles. The molecular weight excluding hydrogens is 354 g/mol. The first-order chi connectivity index (χ1) is 10.5. The molecule has 22 heavy (non-hydrogen) atoms. The molecule has 0 spiro atoms. The Balaban J connectivity index is 2.02. The maximum Gasteiger partial charge on any atom is 0.314 e. The third-order valence-electron chi connectivity index (χ3n) is 2.62. The molecule has 0 aliphatic carbocycles. The number of nitro benzene ring substituents is 1. The van der Waals surface area contributed by atoms with Gasteiger partial charge in [0.15, 0.2) is 0 Å². The van der Waals surface area contributed by atoms with Gasteiger partial charge in [-0.3, -0.25) is 19.7 Å². The van der Waals surface area contributed by atoms with Gasteiger partial charge in [-0.1, -0.05) is 22.0 Å². The molecule has 0 aromatic heterocycles. The fourth-order valence-electron chi connectivity index (χ4n) is 1.61. The van der Waals surface area contributed by atoms with Crippen LogP contribution in [0.3, 0.4) is 0 Å². The first-order valence-electron chi connectivity index (χ1n) is 6.08. The predicted octanol–water partition coefficient (Wildman–Crippen LogP) is 2.93. The van der Waals surface area contributed by atoms with E-state index in [4.69, 9.17) is 0 Å². The molecule has 2 N–H and O–H groups in total. The van der Waals surface area contributed by atoms with Crippen molar-refractivity contribution in [1.29, 1.82) is 0 Å². The first-order valence-corrected chi connectivity index (χ1v) is 6.87. The minimum atomic E-state index is -0.914. The number of hydrogen-bond donors (Lipinski definition) is 2. The van der Waals surface area contributed by atoms with Crippen LogP contribution in [-0.2, 0) is 9.59 Å². The number of amides is 2. The number of nitro groups is 1. The quantitative estimate of drug-likeness (QED) is 0.497. The van der Waals surface area contributed by atoms with E-state index in [0.29, 0.717) is 5.69 Å². The second kappa shape index (κ2) is 6.81. The molecule has 8 heteroatoms. The predicted molar refractivity (Wildman–Crippen MR) is 84.5 cm³/mol. The van der Waals surface area contributed by atoms with E-state index in [1.807, 2.05) is 0 Å². The summed E-state index contributed by atoms with van der Waals surface area (Å²) < 4.78 is 0.839. The molecular formula is C14H10BrN3O4. The summed E-state index contributed by atoms with van der Waals surface area (Å²) in [5, 5.41) is 15.4. The Kier molecular flexibility index (Phi) is 4.84. The molecule has 0 aliphatic heterocycles. The van der Waals surface area contributed by atoms with E-state index in [9.17, 15) is 19.7 Å². The van der Waals surface area contributed by atoms with E-state index in [2.05, 4.69) is 26.6 Å². The monoisotopic (exact) mass is 363 g/mol. The Hall–Kier alpha value is -2.74. The van der Waals surface area contributed by atoms with Crippen molar-refractivity contribution < 1.29 is 14.5 Å². The number of hydrogen-bond acceptors (Lipinski definition) is 4. The lowest BCUT2D eigenvalue weighted by molar-refractivity contribution is -0.384. The SMILES string of the molecule is O=C(Nc1ccc(Br)cc1)C(=O)Nc1cccc([N+](=O)[O-])c1. The molecule has 0 unspecified atom stereocenters. The van der Waals surface area contributed by atoms with E-state index in [-0.39, 0.29) is 11.4 Å². The molecule has 2 amide bonds. The first kappa shape index (κ1) is 15.6. The van der Waals surface area contributed by atoms with Gasteiger partial charge in [-0.15, -0.1) is 0 Å². The minimum Gasteiger partial charge on any atom is -0.318 e. The Morgan fingerprint density at radius 3 is 2.14 bits per heavy atom. The van der Waals surface area contributed by atoms with E-state index < -0.39 is 16.7 Å². The summed E-state index contributed by atoms with van der Waals surface area (Å²) in [6, 6.07) is 12.0. The van der Waals surface area contributed by atoms with Crippen molar-refractivity contribution >= 4 is 44.8 Å². The summed E-state index contributed by atoms with van der Waals surface area (Å²) in [6.07, 6.45) is 0. The van der Waals surface area contributed by atoms with E-state index in [0.717, 1.165) is 4.47 Å². The number of benzene rings is 2. The van der Waals surface area contributed by atoms with Crippen LogP contribution in [-0.4, -0.2) is 16.7 Å². The summed E-state index contributed by atoms with van der Waals surface area (Å²) in [5.74, 6) is -1.78. The van der Waals surface area contributed by atoms with Crippen LogP contribution in [0.1, 0.15) is 0 Å². The summed E-state index contributed by atoms with van der Waals surface area (Å²) in [7, 11) is 0. The van der Waals surface area contributed by atoms with Gasteiger partial charge in [0.2, 0.25) is 0 Å². The van der Waals surface area contributed by atoms with Crippen LogP contribution in [0.2, 0.25) is 0 Å². The summed E-state index contributed by atoms with van der Waals surface area (Å²) in [6.45, 7) is 0. The average Bonchev–Trinajstić information content (AvgIpc) is 2.49. The van der Waals surface area contributed by atoms with Crippen molar-refractivity contribution in [1.82, 2.24) is 0 Å². The maximum absolute atomic E-state index is 11.8. The fourth-order valence-corrected chi connectivity index (χ4v) is 1.87. The average molecular weight is 364 g/mol. The molecule has 0 saturated carbocycles. The minimum absolute atomic E-state index is 0.171. The van der Waals surface area contributed by atoms with E-state index in [1.165, 1.54) is 24.3 Å². The third-order valence-corrected chi connectivity index (χ3v) is 3.15. The van der Waals surface area contributed by atoms with Crippen LogP contribution in [0.15, 0.2) is 53.0 Å². The Morgan fingerprint density at radius 1 is 0.955 bits per heavy atom. The zero-order valence-electron chi connectivity index (χ0n) is 11.1. The zero-order chi connectivity index (χ0) is 16.1. The van der Waals surface area contributed by atoms with Gasteiger partial charge in [0.25, 0.3) is 5.69 Å². The topological polar surface area (TPSA) is 101 Å². The number of halogens is 1. The van der Waals surface area contributed by atoms with E-state index in [1.54, 1.807) is 24.3 Å². The lowest BCUT2D eigenvalue weighted by Gasteiger charge is -2.06. The van der Waals surface area contributed by atoms with Crippen LogP contribution < -0.4 is 10.6 Å². The highest BCUT2D eigenvalue weighted by atomic mass is 79.9. The van der Waals surface area contributed by atoms with Crippen molar-refractivity contribution in [3.63, 3.8) is 0 Å².